The maximum atomic E-state index is 12.0. The van der Waals surface area contributed by atoms with E-state index in [-0.39, 0.29) is 22.6 Å². The fourth-order valence-electron chi connectivity index (χ4n) is 1.22. The second kappa shape index (κ2) is 4.78. The van der Waals surface area contributed by atoms with Crippen molar-refractivity contribution in [3.63, 3.8) is 0 Å². The van der Waals surface area contributed by atoms with Crippen LogP contribution in [0.4, 0.5) is 14.5 Å². The maximum absolute atomic E-state index is 12.0. The standard InChI is InChI=1S/C10H11F2NO3/c1-5-7(16-10(11)12)4-3-6(8(5)13)9(14)15-2/h3-4,10H,13H2,1-2H3. The Labute approximate surface area is 91.0 Å². The quantitative estimate of drug-likeness (QED) is 0.638. The molecule has 6 heteroatoms. The number of carbonyl (C=O) groups is 1. The van der Waals surface area contributed by atoms with E-state index >= 15 is 0 Å². The first-order valence-corrected chi connectivity index (χ1v) is 4.39. The molecule has 0 aliphatic rings. The van der Waals surface area contributed by atoms with Crippen LogP contribution in [0.1, 0.15) is 15.9 Å². The molecule has 0 radical (unpaired) electrons. The molecule has 0 heterocycles. The van der Waals surface area contributed by atoms with Crippen molar-refractivity contribution in [2.75, 3.05) is 12.8 Å². The Morgan fingerprint density at radius 3 is 2.56 bits per heavy atom. The number of hydrogen-bond acceptors (Lipinski definition) is 4. The number of ether oxygens (including phenoxy) is 2. The molecule has 88 valence electrons. The third-order valence-electron chi connectivity index (χ3n) is 2.09. The van der Waals surface area contributed by atoms with Crippen LogP contribution in [0.15, 0.2) is 12.1 Å². The van der Waals surface area contributed by atoms with Gasteiger partial charge in [0.15, 0.2) is 0 Å². The molecule has 16 heavy (non-hydrogen) atoms. The van der Waals surface area contributed by atoms with Crippen LogP contribution < -0.4 is 10.5 Å². The zero-order chi connectivity index (χ0) is 12.3. The monoisotopic (exact) mass is 231 g/mol. The number of hydrogen-bond donors (Lipinski definition) is 1. The minimum atomic E-state index is -2.93. The van der Waals surface area contributed by atoms with Crippen molar-refractivity contribution in [3.05, 3.63) is 23.3 Å². The van der Waals surface area contributed by atoms with E-state index in [0.717, 1.165) is 0 Å². The first-order chi connectivity index (χ1) is 7.47. The predicted molar refractivity (Wildman–Crippen MR) is 53.6 cm³/mol. The average molecular weight is 231 g/mol. The largest absolute Gasteiger partial charge is 0.465 e. The van der Waals surface area contributed by atoms with E-state index in [1.165, 1.54) is 26.2 Å². The van der Waals surface area contributed by atoms with Gasteiger partial charge in [-0.2, -0.15) is 8.78 Å². The van der Waals surface area contributed by atoms with Gasteiger partial charge in [0.2, 0.25) is 0 Å². The highest BCUT2D eigenvalue weighted by atomic mass is 19.3. The molecule has 1 rings (SSSR count). The van der Waals surface area contributed by atoms with Gasteiger partial charge in [-0.3, -0.25) is 0 Å². The number of nitrogens with two attached hydrogens (primary N) is 1. The Balaban J connectivity index is 3.13. The topological polar surface area (TPSA) is 61.5 Å². The molecule has 0 amide bonds. The highest BCUT2D eigenvalue weighted by Crippen LogP contribution is 2.28. The number of nitrogen functional groups attached to an aromatic ring is 1. The van der Waals surface area contributed by atoms with Crippen LogP contribution in [0.25, 0.3) is 0 Å². The van der Waals surface area contributed by atoms with Crippen molar-refractivity contribution in [3.8, 4) is 5.75 Å². The number of rotatable bonds is 3. The van der Waals surface area contributed by atoms with E-state index in [1.807, 2.05) is 0 Å². The third-order valence-corrected chi connectivity index (χ3v) is 2.09. The molecule has 0 aliphatic carbocycles. The second-order valence-electron chi connectivity index (χ2n) is 3.02. The lowest BCUT2D eigenvalue weighted by atomic mass is 10.1. The summed E-state index contributed by atoms with van der Waals surface area (Å²) in [7, 11) is 1.21. The SMILES string of the molecule is COC(=O)c1ccc(OC(F)F)c(C)c1N. The van der Waals surface area contributed by atoms with Gasteiger partial charge in [0, 0.05) is 5.56 Å². The zero-order valence-corrected chi connectivity index (χ0v) is 8.79. The van der Waals surface area contributed by atoms with Crippen molar-refractivity contribution >= 4 is 11.7 Å². The van der Waals surface area contributed by atoms with Gasteiger partial charge in [0.1, 0.15) is 5.75 Å². The Hall–Kier alpha value is -1.85. The van der Waals surface area contributed by atoms with E-state index in [4.69, 9.17) is 5.73 Å². The van der Waals surface area contributed by atoms with Crippen LogP contribution in [0.5, 0.6) is 5.75 Å². The summed E-state index contributed by atoms with van der Waals surface area (Å²) in [6, 6.07) is 2.54. The van der Waals surface area contributed by atoms with Gasteiger partial charge in [0.25, 0.3) is 0 Å². The minimum absolute atomic E-state index is 0.0554. The van der Waals surface area contributed by atoms with Gasteiger partial charge in [0.05, 0.1) is 18.4 Å². The summed E-state index contributed by atoms with van der Waals surface area (Å²) in [4.78, 5) is 11.2. The number of benzene rings is 1. The number of anilines is 1. The third kappa shape index (κ3) is 2.39. The molecular weight excluding hydrogens is 220 g/mol. The smallest absolute Gasteiger partial charge is 0.387 e. The van der Waals surface area contributed by atoms with E-state index in [2.05, 4.69) is 9.47 Å². The Bertz CT molecular complexity index is 407. The lowest BCUT2D eigenvalue weighted by Gasteiger charge is -2.12. The maximum Gasteiger partial charge on any atom is 0.387 e. The van der Waals surface area contributed by atoms with Crippen LogP contribution >= 0.6 is 0 Å². The molecule has 0 fully saturated rings. The summed E-state index contributed by atoms with van der Waals surface area (Å²) in [5.74, 6) is -0.677. The van der Waals surface area contributed by atoms with E-state index < -0.39 is 12.6 Å². The normalized spacial score (nSPS) is 10.3. The summed E-state index contributed by atoms with van der Waals surface area (Å²) in [5, 5.41) is 0. The molecule has 0 bridgehead atoms. The van der Waals surface area contributed by atoms with Crippen LogP contribution in [0, 0.1) is 6.92 Å². The zero-order valence-electron chi connectivity index (χ0n) is 8.79. The predicted octanol–water partition coefficient (Wildman–Crippen LogP) is 1.97. The number of alkyl halides is 2. The number of carbonyl (C=O) groups excluding carboxylic acids is 1. The lowest BCUT2D eigenvalue weighted by molar-refractivity contribution is -0.0502. The van der Waals surface area contributed by atoms with Crippen LogP contribution in [-0.4, -0.2) is 19.7 Å². The molecule has 0 aliphatic heterocycles. The molecule has 0 spiro atoms. The molecule has 0 atom stereocenters. The van der Waals surface area contributed by atoms with Gasteiger partial charge < -0.3 is 15.2 Å². The molecule has 1 aromatic rings. The van der Waals surface area contributed by atoms with Crippen molar-refractivity contribution in [2.24, 2.45) is 0 Å². The molecule has 0 unspecified atom stereocenters. The van der Waals surface area contributed by atoms with Crippen LogP contribution in [0.3, 0.4) is 0 Å². The first-order valence-electron chi connectivity index (χ1n) is 4.39. The van der Waals surface area contributed by atoms with Gasteiger partial charge in [-0.25, -0.2) is 4.79 Å². The lowest BCUT2D eigenvalue weighted by Crippen LogP contribution is -2.09. The highest BCUT2D eigenvalue weighted by molar-refractivity contribution is 5.96. The molecule has 4 nitrogen and oxygen atoms in total. The summed E-state index contributed by atoms with van der Waals surface area (Å²) in [6.07, 6.45) is 0. The van der Waals surface area contributed by atoms with Crippen molar-refractivity contribution < 1.29 is 23.0 Å². The second-order valence-corrected chi connectivity index (χ2v) is 3.02. The minimum Gasteiger partial charge on any atom is -0.465 e. The number of esters is 1. The highest BCUT2D eigenvalue weighted by Gasteiger charge is 2.16. The summed E-state index contributed by atoms with van der Waals surface area (Å²) >= 11 is 0. The molecule has 1 aromatic carbocycles. The van der Waals surface area contributed by atoms with E-state index in [9.17, 15) is 13.6 Å². The van der Waals surface area contributed by atoms with Crippen molar-refractivity contribution in [1.29, 1.82) is 0 Å². The van der Waals surface area contributed by atoms with Crippen LogP contribution in [-0.2, 0) is 4.74 Å². The molecule has 0 saturated carbocycles. The van der Waals surface area contributed by atoms with Crippen LogP contribution in [0.2, 0.25) is 0 Å². The van der Waals surface area contributed by atoms with Gasteiger partial charge in [-0.1, -0.05) is 0 Å². The van der Waals surface area contributed by atoms with E-state index in [0.29, 0.717) is 0 Å². The number of methoxy groups -OCH3 is 1. The van der Waals surface area contributed by atoms with Gasteiger partial charge in [-0.05, 0) is 19.1 Å². The number of halogens is 2. The Morgan fingerprint density at radius 1 is 1.44 bits per heavy atom. The summed E-state index contributed by atoms with van der Waals surface area (Å²) in [5.41, 5.74) is 6.09. The van der Waals surface area contributed by atoms with Crippen molar-refractivity contribution in [1.82, 2.24) is 0 Å². The average Bonchev–Trinajstić information content (AvgIpc) is 2.23. The van der Waals surface area contributed by atoms with Gasteiger partial charge in [-0.15, -0.1) is 0 Å². The van der Waals surface area contributed by atoms with Crippen molar-refractivity contribution in [2.45, 2.75) is 13.5 Å². The molecule has 0 saturated heterocycles. The fourth-order valence-corrected chi connectivity index (χ4v) is 1.22. The fraction of sp³-hybridized carbons (Fsp3) is 0.300. The molecular formula is C10H11F2NO3. The summed E-state index contributed by atoms with van der Waals surface area (Å²) in [6.45, 7) is -1.44. The van der Waals surface area contributed by atoms with Gasteiger partial charge >= 0.3 is 12.6 Å². The molecule has 2 N–H and O–H groups in total. The summed E-state index contributed by atoms with van der Waals surface area (Å²) < 4.78 is 32.7. The Morgan fingerprint density at radius 2 is 2.06 bits per heavy atom. The first kappa shape index (κ1) is 12.2. The Kier molecular flexibility index (Phi) is 3.65. The molecule has 0 aromatic heterocycles. The van der Waals surface area contributed by atoms with E-state index in [1.54, 1.807) is 0 Å².